The summed E-state index contributed by atoms with van der Waals surface area (Å²) in [4.78, 5) is 24.3. The Labute approximate surface area is 174 Å². The lowest BCUT2D eigenvalue weighted by atomic mass is 10.0. The number of nitrogens with one attached hydrogen (secondary N) is 1. The van der Waals surface area contributed by atoms with Crippen LogP contribution >= 0.6 is 11.6 Å². The first-order chi connectivity index (χ1) is 13.9. The van der Waals surface area contributed by atoms with Crippen LogP contribution in [0.2, 0.25) is 5.02 Å². The fourth-order valence-corrected chi connectivity index (χ4v) is 3.01. The Bertz CT molecular complexity index is 870. The number of halogens is 1. The predicted molar refractivity (Wildman–Crippen MR) is 109 cm³/mol. The SMILES string of the molecule is COC(=O)C[C@@H](NC(=O)CCc1ccc(O)c(Cl)c1)c1ccc(OC)c(OC)c1. The molecular weight excluding hydrogens is 398 g/mol. The van der Waals surface area contributed by atoms with E-state index in [1.165, 1.54) is 27.4 Å². The molecule has 8 heteroatoms. The van der Waals surface area contributed by atoms with Crippen LogP contribution in [-0.4, -0.2) is 38.3 Å². The first kappa shape index (κ1) is 22.4. The third-order valence-electron chi connectivity index (χ3n) is 4.40. The van der Waals surface area contributed by atoms with E-state index in [-0.39, 0.29) is 29.5 Å². The molecule has 1 atom stereocenters. The number of benzene rings is 2. The number of aryl methyl sites for hydroxylation is 1. The maximum atomic E-state index is 12.5. The minimum atomic E-state index is -0.585. The third-order valence-corrected chi connectivity index (χ3v) is 4.70. The lowest BCUT2D eigenvalue weighted by Crippen LogP contribution is -2.30. The summed E-state index contributed by atoms with van der Waals surface area (Å²) in [6.07, 6.45) is 0.595. The molecule has 156 valence electrons. The van der Waals surface area contributed by atoms with Gasteiger partial charge in [0.05, 0.1) is 38.8 Å². The van der Waals surface area contributed by atoms with Gasteiger partial charge in [-0.2, -0.15) is 0 Å². The maximum Gasteiger partial charge on any atom is 0.307 e. The first-order valence-electron chi connectivity index (χ1n) is 8.93. The van der Waals surface area contributed by atoms with Crippen molar-refractivity contribution in [2.45, 2.75) is 25.3 Å². The van der Waals surface area contributed by atoms with Gasteiger partial charge in [0.15, 0.2) is 11.5 Å². The Morgan fingerprint density at radius 3 is 2.41 bits per heavy atom. The fraction of sp³-hybridized carbons (Fsp3) is 0.333. The number of methoxy groups -OCH3 is 3. The van der Waals surface area contributed by atoms with Crippen LogP contribution in [0.1, 0.15) is 30.0 Å². The van der Waals surface area contributed by atoms with Crippen LogP contribution < -0.4 is 14.8 Å². The van der Waals surface area contributed by atoms with Gasteiger partial charge in [-0.25, -0.2) is 0 Å². The molecule has 0 bridgehead atoms. The van der Waals surface area contributed by atoms with Crippen molar-refractivity contribution in [1.29, 1.82) is 0 Å². The lowest BCUT2D eigenvalue weighted by molar-refractivity contribution is -0.141. The Morgan fingerprint density at radius 2 is 1.79 bits per heavy atom. The molecule has 7 nitrogen and oxygen atoms in total. The third kappa shape index (κ3) is 6.29. The van der Waals surface area contributed by atoms with Crippen molar-refractivity contribution in [1.82, 2.24) is 5.32 Å². The average Bonchev–Trinajstić information content (AvgIpc) is 2.73. The Morgan fingerprint density at radius 1 is 1.07 bits per heavy atom. The quantitative estimate of drug-likeness (QED) is 0.602. The van der Waals surface area contributed by atoms with E-state index in [0.717, 1.165) is 5.56 Å². The van der Waals surface area contributed by atoms with Crippen LogP contribution in [-0.2, 0) is 20.7 Å². The summed E-state index contributed by atoms with van der Waals surface area (Å²) in [7, 11) is 4.34. The highest BCUT2D eigenvalue weighted by molar-refractivity contribution is 6.32. The van der Waals surface area contributed by atoms with Crippen molar-refractivity contribution < 1.29 is 28.9 Å². The van der Waals surface area contributed by atoms with Gasteiger partial charge in [0, 0.05) is 6.42 Å². The van der Waals surface area contributed by atoms with E-state index in [2.05, 4.69) is 5.32 Å². The normalized spacial score (nSPS) is 11.4. The molecule has 0 heterocycles. The van der Waals surface area contributed by atoms with Crippen molar-refractivity contribution in [3.8, 4) is 17.2 Å². The number of phenolic OH excluding ortho intramolecular Hbond substituents is 1. The molecule has 0 aromatic heterocycles. The number of rotatable bonds is 9. The molecular formula is C21H24ClNO6. The molecule has 0 aliphatic heterocycles. The molecule has 2 N–H and O–H groups in total. The molecule has 1 amide bonds. The molecule has 0 spiro atoms. The monoisotopic (exact) mass is 421 g/mol. The van der Waals surface area contributed by atoms with Crippen molar-refractivity contribution >= 4 is 23.5 Å². The molecule has 29 heavy (non-hydrogen) atoms. The van der Waals surface area contributed by atoms with Gasteiger partial charge < -0.3 is 24.6 Å². The van der Waals surface area contributed by atoms with Crippen LogP contribution in [0.3, 0.4) is 0 Å². The number of hydrogen-bond acceptors (Lipinski definition) is 6. The van der Waals surface area contributed by atoms with E-state index in [4.69, 9.17) is 25.8 Å². The smallest absolute Gasteiger partial charge is 0.307 e. The number of hydrogen-bond donors (Lipinski definition) is 2. The number of ether oxygens (including phenoxy) is 3. The zero-order chi connectivity index (χ0) is 21.4. The highest BCUT2D eigenvalue weighted by atomic mass is 35.5. The molecule has 0 saturated heterocycles. The van der Waals surface area contributed by atoms with Gasteiger partial charge in [0.2, 0.25) is 5.91 Å². The number of phenols is 1. The summed E-state index contributed by atoms with van der Waals surface area (Å²) in [6.45, 7) is 0. The minimum absolute atomic E-state index is 0.00790. The molecule has 2 rings (SSSR count). The maximum absolute atomic E-state index is 12.5. The van der Waals surface area contributed by atoms with E-state index >= 15 is 0 Å². The molecule has 0 aliphatic carbocycles. The van der Waals surface area contributed by atoms with Gasteiger partial charge in [0.25, 0.3) is 0 Å². The largest absolute Gasteiger partial charge is 0.506 e. The first-order valence-corrected chi connectivity index (χ1v) is 9.31. The van der Waals surface area contributed by atoms with Crippen LogP contribution in [0.5, 0.6) is 17.2 Å². The lowest BCUT2D eigenvalue weighted by Gasteiger charge is -2.20. The Kier molecular flexibility index (Phi) is 8.15. The highest BCUT2D eigenvalue weighted by Crippen LogP contribution is 2.31. The summed E-state index contributed by atoms with van der Waals surface area (Å²) >= 11 is 5.90. The standard InChI is InChI=1S/C21H24ClNO6/c1-27-18-8-6-14(11-19(18)28-2)16(12-21(26)29-3)23-20(25)9-5-13-4-7-17(24)15(22)10-13/h4,6-8,10-11,16,24H,5,9,12H2,1-3H3,(H,23,25)/t16-/m1/s1. The summed E-state index contributed by atoms with van der Waals surface area (Å²) in [5.74, 6) is 0.344. The van der Waals surface area contributed by atoms with Crippen molar-refractivity contribution in [2.24, 2.45) is 0 Å². The van der Waals surface area contributed by atoms with Crippen LogP contribution in [0, 0.1) is 0 Å². The van der Waals surface area contributed by atoms with Gasteiger partial charge >= 0.3 is 5.97 Å². The summed E-state index contributed by atoms with van der Waals surface area (Å²) in [5, 5.41) is 12.6. The van der Waals surface area contributed by atoms with Crippen molar-refractivity contribution in [3.05, 3.63) is 52.5 Å². The van der Waals surface area contributed by atoms with Gasteiger partial charge in [-0.1, -0.05) is 23.7 Å². The second-order valence-electron chi connectivity index (χ2n) is 6.30. The second-order valence-corrected chi connectivity index (χ2v) is 6.71. The van der Waals surface area contributed by atoms with Gasteiger partial charge in [-0.15, -0.1) is 0 Å². The van der Waals surface area contributed by atoms with Crippen LogP contribution in [0.15, 0.2) is 36.4 Å². The van der Waals surface area contributed by atoms with Crippen molar-refractivity contribution in [2.75, 3.05) is 21.3 Å². The van der Waals surface area contributed by atoms with E-state index in [1.807, 2.05) is 0 Å². The highest BCUT2D eigenvalue weighted by Gasteiger charge is 2.20. The summed E-state index contributed by atoms with van der Waals surface area (Å²) in [5.41, 5.74) is 1.51. The number of carbonyl (C=O) groups excluding carboxylic acids is 2. The molecule has 2 aromatic rings. The number of esters is 1. The summed E-state index contributed by atoms with van der Waals surface area (Å²) in [6, 6.07) is 9.40. The molecule has 0 fully saturated rings. The fourth-order valence-electron chi connectivity index (χ4n) is 2.80. The zero-order valence-electron chi connectivity index (χ0n) is 16.5. The minimum Gasteiger partial charge on any atom is -0.506 e. The van der Waals surface area contributed by atoms with E-state index in [1.54, 1.807) is 30.3 Å². The average molecular weight is 422 g/mol. The number of amides is 1. The topological polar surface area (TPSA) is 94.1 Å². The van der Waals surface area contributed by atoms with Gasteiger partial charge in [-0.3, -0.25) is 9.59 Å². The Balaban J connectivity index is 2.12. The zero-order valence-corrected chi connectivity index (χ0v) is 17.3. The van der Waals surface area contributed by atoms with Gasteiger partial charge in [-0.05, 0) is 41.8 Å². The van der Waals surface area contributed by atoms with E-state index in [9.17, 15) is 14.7 Å². The molecule has 0 radical (unpaired) electrons. The van der Waals surface area contributed by atoms with Crippen LogP contribution in [0.4, 0.5) is 0 Å². The summed E-state index contributed by atoms with van der Waals surface area (Å²) < 4.78 is 15.3. The van der Waals surface area contributed by atoms with Gasteiger partial charge in [0.1, 0.15) is 5.75 Å². The Hall–Kier alpha value is -2.93. The van der Waals surface area contributed by atoms with Crippen molar-refractivity contribution in [3.63, 3.8) is 0 Å². The van der Waals surface area contributed by atoms with E-state index < -0.39 is 12.0 Å². The van der Waals surface area contributed by atoms with E-state index in [0.29, 0.717) is 23.5 Å². The predicted octanol–water partition coefficient (Wildman–Crippen LogP) is 3.42. The number of carbonyl (C=O) groups is 2. The van der Waals surface area contributed by atoms with Crippen LogP contribution in [0.25, 0.3) is 0 Å². The second kappa shape index (κ2) is 10.6. The molecule has 0 saturated carbocycles. The molecule has 2 aromatic carbocycles. The molecule has 0 unspecified atom stereocenters. The molecule has 0 aliphatic rings. The number of aromatic hydroxyl groups is 1.